The Kier molecular flexibility index (Phi) is 5.36. The molecule has 0 saturated heterocycles. The maximum absolute atomic E-state index is 11.8. The summed E-state index contributed by atoms with van der Waals surface area (Å²) < 4.78 is 5.47. The molecule has 2 aromatic rings. The second-order valence-corrected chi connectivity index (χ2v) is 5.27. The third-order valence-electron chi connectivity index (χ3n) is 3.57. The Bertz CT molecular complexity index is 918. The van der Waals surface area contributed by atoms with E-state index in [1.54, 1.807) is 6.92 Å². The van der Waals surface area contributed by atoms with E-state index < -0.39 is 17.8 Å². The number of ketones is 1. The summed E-state index contributed by atoms with van der Waals surface area (Å²) in [4.78, 5) is 45.7. The normalized spacial score (nSPS) is 10.2. The van der Waals surface area contributed by atoms with Gasteiger partial charge in [-0.2, -0.15) is 0 Å². The number of aromatic carboxylic acids is 2. The molecule has 4 N–H and O–H groups in total. The minimum absolute atomic E-state index is 0.0580. The predicted octanol–water partition coefficient (Wildman–Crippen LogP) is 2.57. The summed E-state index contributed by atoms with van der Waals surface area (Å²) in [7, 11) is 0. The van der Waals surface area contributed by atoms with Gasteiger partial charge in [-0.05, 0) is 36.4 Å². The van der Waals surface area contributed by atoms with E-state index in [1.165, 1.54) is 30.3 Å². The minimum atomic E-state index is -1.36. The zero-order chi connectivity index (χ0) is 19.4. The number of carboxylic acid groups (broad SMARTS) is 2. The second-order valence-electron chi connectivity index (χ2n) is 5.27. The quantitative estimate of drug-likeness (QED) is 0.646. The molecule has 8 nitrogen and oxygen atoms in total. The molecule has 134 valence electrons. The molecule has 0 radical (unpaired) electrons. The van der Waals surface area contributed by atoms with E-state index in [0.29, 0.717) is 0 Å². The van der Waals surface area contributed by atoms with Gasteiger partial charge < -0.3 is 20.7 Å². The van der Waals surface area contributed by atoms with E-state index in [1.807, 2.05) is 0 Å². The summed E-state index contributed by atoms with van der Waals surface area (Å²) in [5.41, 5.74) is 4.44. The molecule has 0 aliphatic heterocycles. The molecule has 0 unspecified atom stereocenters. The average molecular weight is 357 g/mol. The summed E-state index contributed by atoms with van der Waals surface area (Å²) in [6.45, 7) is 1.62. The van der Waals surface area contributed by atoms with Crippen LogP contribution in [0.15, 0.2) is 36.4 Å². The van der Waals surface area contributed by atoms with Crippen LogP contribution in [-0.2, 0) is 0 Å². The van der Waals surface area contributed by atoms with Crippen LogP contribution >= 0.6 is 0 Å². The predicted molar refractivity (Wildman–Crippen MR) is 90.0 cm³/mol. The van der Waals surface area contributed by atoms with Gasteiger partial charge in [0.1, 0.15) is 11.5 Å². The van der Waals surface area contributed by atoms with E-state index in [4.69, 9.17) is 15.6 Å². The van der Waals surface area contributed by atoms with Gasteiger partial charge in [-0.3, -0.25) is 9.59 Å². The van der Waals surface area contributed by atoms with Crippen molar-refractivity contribution < 1.29 is 34.1 Å². The number of carbonyl (C=O) groups is 4. The number of Topliss-reactive ketones (excluding diaryl/α,β-unsaturated/α-hetero) is 1. The van der Waals surface area contributed by atoms with Crippen LogP contribution in [0.25, 0.3) is 0 Å². The molecule has 0 spiro atoms. The van der Waals surface area contributed by atoms with Gasteiger partial charge in [-0.1, -0.05) is 6.92 Å². The molecule has 26 heavy (non-hydrogen) atoms. The highest BCUT2D eigenvalue weighted by molar-refractivity contribution is 6.06. The number of nitrogens with two attached hydrogens (primary N) is 1. The Balaban J connectivity index is 2.42. The van der Waals surface area contributed by atoms with Gasteiger partial charge in [0.15, 0.2) is 5.78 Å². The first-order valence-electron chi connectivity index (χ1n) is 7.50. The highest BCUT2D eigenvalue weighted by Gasteiger charge is 2.18. The number of primary amides is 1. The van der Waals surface area contributed by atoms with E-state index in [-0.39, 0.29) is 46.0 Å². The first kappa shape index (κ1) is 18.7. The van der Waals surface area contributed by atoms with Crippen molar-refractivity contribution in [3.63, 3.8) is 0 Å². The summed E-state index contributed by atoms with van der Waals surface area (Å²) in [5.74, 6) is -3.71. The van der Waals surface area contributed by atoms with Crippen LogP contribution in [-0.4, -0.2) is 33.8 Å². The van der Waals surface area contributed by atoms with Crippen LogP contribution in [0.1, 0.15) is 54.8 Å². The van der Waals surface area contributed by atoms with Crippen molar-refractivity contribution in [1.29, 1.82) is 0 Å². The first-order valence-corrected chi connectivity index (χ1v) is 7.50. The van der Waals surface area contributed by atoms with Crippen molar-refractivity contribution in [2.45, 2.75) is 13.3 Å². The van der Waals surface area contributed by atoms with Crippen LogP contribution in [0, 0.1) is 0 Å². The average Bonchev–Trinajstić information content (AvgIpc) is 2.60. The van der Waals surface area contributed by atoms with Crippen molar-refractivity contribution >= 4 is 23.6 Å². The van der Waals surface area contributed by atoms with Gasteiger partial charge in [0, 0.05) is 12.0 Å². The number of benzene rings is 2. The third kappa shape index (κ3) is 3.86. The Morgan fingerprint density at radius 2 is 1.31 bits per heavy atom. The molecule has 0 atom stereocenters. The largest absolute Gasteiger partial charge is 0.478 e. The van der Waals surface area contributed by atoms with Crippen molar-refractivity contribution in [2.24, 2.45) is 5.73 Å². The molecule has 0 aliphatic carbocycles. The fraction of sp³-hybridized carbons (Fsp3) is 0.111. The molecular weight excluding hydrogens is 342 g/mol. The summed E-state index contributed by atoms with van der Waals surface area (Å²) >= 11 is 0. The van der Waals surface area contributed by atoms with Gasteiger partial charge in [0.2, 0.25) is 5.91 Å². The highest BCUT2D eigenvalue weighted by Crippen LogP contribution is 2.27. The van der Waals surface area contributed by atoms with Crippen LogP contribution in [0.5, 0.6) is 11.5 Å². The fourth-order valence-electron chi connectivity index (χ4n) is 2.31. The van der Waals surface area contributed by atoms with E-state index in [2.05, 4.69) is 0 Å². The Morgan fingerprint density at radius 3 is 1.73 bits per heavy atom. The van der Waals surface area contributed by atoms with Crippen LogP contribution < -0.4 is 10.5 Å². The summed E-state index contributed by atoms with van der Waals surface area (Å²) in [6, 6.07) is 7.55. The van der Waals surface area contributed by atoms with Crippen LogP contribution in [0.2, 0.25) is 0 Å². The van der Waals surface area contributed by atoms with E-state index in [0.717, 1.165) is 6.07 Å². The zero-order valence-corrected chi connectivity index (χ0v) is 13.7. The highest BCUT2D eigenvalue weighted by atomic mass is 16.5. The van der Waals surface area contributed by atoms with E-state index >= 15 is 0 Å². The minimum Gasteiger partial charge on any atom is -0.478 e. The van der Waals surface area contributed by atoms with Crippen molar-refractivity contribution in [2.75, 3.05) is 0 Å². The van der Waals surface area contributed by atoms with Crippen molar-refractivity contribution in [3.8, 4) is 11.5 Å². The first-order chi connectivity index (χ1) is 12.2. The molecule has 1 amide bonds. The number of hydrogen-bond donors (Lipinski definition) is 3. The van der Waals surface area contributed by atoms with Gasteiger partial charge >= 0.3 is 11.9 Å². The lowest BCUT2D eigenvalue weighted by molar-refractivity contribution is 0.0683. The van der Waals surface area contributed by atoms with Crippen LogP contribution in [0.3, 0.4) is 0 Å². The molecule has 2 aromatic carbocycles. The molecular formula is C18H15NO7. The molecule has 0 aromatic heterocycles. The number of carbonyl (C=O) groups excluding carboxylic acids is 2. The topological polar surface area (TPSA) is 144 Å². The van der Waals surface area contributed by atoms with Gasteiger partial charge in [-0.15, -0.1) is 0 Å². The Morgan fingerprint density at radius 1 is 0.846 bits per heavy atom. The number of amides is 1. The lowest BCUT2D eigenvalue weighted by atomic mass is 10.0. The maximum Gasteiger partial charge on any atom is 0.336 e. The fourth-order valence-corrected chi connectivity index (χ4v) is 2.31. The molecule has 8 heteroatoms. The molecule has 0 saturated carbocycles. The SMILES string of the molecule is CCC(=O)c1ccc(Oc2ccc(C(N)=O)c(C(=O)O)c2)cc1C(=O)O. The smallest absolute Gasteiger partial charge is 0.336 e. The van der Waals surface area contributed by atoms with Gasteiger partial charge in [-0.25, -0.2) is 9.59 Å². The second kappa shape index (κ2) is 7.47. The number of carboxylic acids is 2. The zero-order valence-electron chi connectivity index (χ0n) is 13.7. The molecule has 0 bridgehead atoms. The molecule has 0 fully saturated rings. The van der Waals surface area contributed by atoms with Crippen LogP contribution in [0.4, 0.5) is 0 Å². The summed E-state index contributed by atoms with van der Waals surface area (Å²) in [5, 5.41) is 18.4. The Hall–Kier alpha value is -3.68. The van der Waals surface area contributed by atoms with Gasteiger partial charge in [0.25, 0.3) is 0 Å². The Labute approximate surface area is 147 Å². The maximum atomic E-state index is 11.8. The molecule has 0 aliphatic rings. The number of ether oxygens (including phenoxy) is 1. The molecule has 0 heterocycles. The van der Waals surface area contributed by atoms with Crippen molar-refractivity contribution in [1.82, 2.24) is 0 Å². The lowest BCUT2D eigenvalue weighted by Gasteiger charge is -2.11. The number of hydrogen-bond acceptors (Lipinski definition) is 5. The van der Waals surface area contributed by atoms with Gasteiger partial charge in [0.05, 0.1) is 16.7 Å². The van der Waals surface area contributed by atoms with E-state index in [9.17, 15) is 24.3 Å². The monoisotopic (exact) mass is 357 g/mol. The summed E-state index contributed by atoms with van der Waals surface area (Å²) in [6.07, 6.45) is 0.150. The third-order valence-corrected chi connectivity index (χ3v) is 3.57. The molecule has 2 rings (SSSR count). The lowest BCUT2D eigenvalue weighted by Crippen LogP contribution is -2.16. The number of rotatable bonds is 7. The standard InChI is InChI=1S/C18H15NO7/c1-2-15(20)11-5-3-9(7-13(11)17(22)23)26-10-4-6-12(16(19)21)14(8-10)18(24)25/h3-8H,2H2,1H3,(H2,19,21)(H,22,23)(H,24,25). The van der Waals surface area contributed by atoms with Crippen molar-refractivity contribution in [3.05, 3.63) is 58.7 Å².